The van der Waals surface area contributed by atoms with E-state index >= 15 is 0 Å². The van der Waals surface area contributed by atoms with E-state index in [9.17, 15) is 0 Å². The van der Waals surface area contributed by atoms with E-state index in [-0.39, 0.29) is 5.92 Å². The predicted molar refractivity (Wildman–Crippen MR) is 66.0 cm³/mol. The van der Waals surface area contributed by atoms with Crippen molar-refractivity contribution in [1.29, 1.82) is 0 Å². The van der Waals surface area contributed by atoms with Crippen molar-refractivity contribution in [3.8, 4) is 0 Å². The number of rotatable bonds is 1. The van der Waals surface area contributed by atoms with Crippen LogP contribution in [0, 0.1) is 0 Å². The average Bonchev–Trinajstić information content (AvgIpc) is 2.66. The third kappa shape index (κ3) is 1.31. The molecule has 0 spiro atoms. The zero-order valence-electron chi connectivity index (χ0n) is 8.80. The molecule has 1 aliphatic rings. The van der Waals surface area contributed by atoms with E-state index in [0.29, 0.717) is 5.84 Å². The van der Waals surface area contributed by atoms with Crippen LogP contribution in [0.5, 0.6) is 0 Å². The van der Waals surface area contributed by atoms with Crippen LogP contribution < -0.4 is 5.73 Å². The molecule has 78 valence electrons. The topological polar surface area (TPSA) is 38.4 Å². The molecule has 0 aromatic heterocycles. The lowest BCUT2D eigenvalue weighted by molar-refractivity contribution is 1.10. The van der Waals surface area contributed by atoms with Gasteiger partial charge in [0.15, 0.2) is 0 Å². The molecule has 3 rings (SSSR count). The maximum Gasteiger partial charge on any atom is 0.112 e. The van der Waals surface area contributed by atoms with Gasteiger partial charge in [-0.1, -0.05) is 48.5 Å². The third-order valence-electron chi connectivity index (χ3n) is 2.93. The standard InChI is InChI=1S/C14H12N2/c15-14-13(10-6-2-1-3-7-10)11-8-4-5-9-12(11)16-14/h1-9,13H,(H2,15,16). The lowest BCUT2D eigenvalue weighted by Gasteiger charge is -2.11. The van der Waals surface area contributed by atoms with Crippen LogP contribution in [0.2, 0.25) is 0 Å². The van der Waals surface area contributed by atoms with Crippen molar-refractivity contribution in [1.82, 2.24) is 0 Å². The normalized spacial score (nSPS) is 18.0. The largest absolute Gasteiger partial charge is 0.386 e. The lowest BCUT2D eigenvalue weighted by atomic mass is 9.92. The molecule has 2 aromatic carbocycles. The van der Waals surface area contributed by atoms with Crippen molar-refractivity contribution in [3.05, 3.63) is 65.7 Å². The van der Waals surface area contributed by atoms with E-state index in [4.69, 9.17) is 5.73 Å². The summed E-state index contributed by atoms with van der Waals surface area (Å²) in [6.45, 7) is 0. The minimum atomic E-state index is 0.123. The van der Waals surface area contributed by atoms with Crippen LogP contribution in [0.15, 0.2) is 59.6 Å². The molecule has 0 saturated carbocycles. The van der Waals surface area contributed by atoms with Crippen molar-refractivity contribution in [2.75, 3.05) is 0 Å². The number of hydrogen-bond donors (Lipinski definition) is 1. The molecule has 0 amide bonds. The molecule has 16 heavy (non-hydrogen) atoms. The van der Waals surface area contributed by atoms with Gasteiger partial charge in [0.1, 0.15) is 5.84 Å². The maximum absolute atomic E-state index is 6.01. The minimum Gasteiger partial charge on any atom is -0.386 e. The zero-order chi connectivity index (χ0) is 11.0. The summed E-state index contributed by atoms with van der Waals surface area (Å²) in [7, 11) is 0. The quantitative estimate of drug-likeness (QED) is 0.768. The fraction of sp³-hybridized carbons (Fsp3) is 0.0714. The van der Waals surface area contributed by atoms with Gasteiger partial charge in [0, 0.05) is 0 Å². The van der Waals surface area contributed by atoms with Gasteiger partial charge in [0.2, 0.25) is 0 Å². The van der Waals surface area contributed by atoms with Gasteiger partial charge in [0.05, 0.1) is 11.6 Å². The van der Waals surface area contributed by atoms with Crippen LogP contribution in [0.3, 0.4) is 0 Å². The summed E-state index contributed by atoms with van der Waals surface area (Å²) < 4.78 is 0. The zero-order valence-corrected chi connectivity index (χ0v) is 8.80. The Kier molecular flexibility index (Phi) is 2.00. The summed E-state index contributed by atoms with van der Waals surface area (Å²) in [4.78, 5) is 4.40. The second-order valence-corrected chi connectivity index (χ2v) is 3.94. The molecule has 1 unspecified atom stereocenters. The first-order valence-corrected chi connectivity index (χ1v) is 5.34. The number of hydrogen-bond acceptors (Lipinski definition) is 2. The van der Waals surface area contributed by atoms with Gasteiger partial charge >= 0.3 is 0 Å². The Bertz CT molecular complexity index is 544. The van der Waals surface area contributed by atoms with Crippen LogP contribution in [-0.4, -0.2) is 5.84 Å². The number of fused-ring (bicyclic) bond motifs is 1. The summed E-state index contributed by atoms with van der Waals surface area (Å²) in [5.41, 5.74) is 9.41. The smallest absolute Gasteiger partial charge is 0.112 e. The number of aliphatic imine (C=N–C) groups is 1. The SMILES string of the molecule is NC1=Nc2ccccc2C1c1ccccc1. The van der Waals surface area contributed by atoms with Crippen molar-refractivity contribution < 1.29 is 0 Å². The number of nitrogens with zero attached hydrogens (tertiary/aromatic N) is 1. The number of benzene rings is 2. The summed E-state index contributed by atoms with van der Waals surface area (Å²) in [6, 6.07) is 18.4. The van der Waals surface area contributed by atoms with E-state index < -0.39 is 0 Å². The number of para-hydroxylation sites is 1. The Hall–Kier alpha value is -2.09. The van der Waals surface area contributed by atoms with E-state index in [2.05, 4.69) is 23.2 Å². The Labute approximate surface area is 94.4 Å². The second kappa shape index (κ2) is 3.49. The van der Waals surface area contributed by atoms with Crippen molar-refractivity contribution >= 4 is 11.5 Å². The predicted octanol–water partition coefficient (Wildman–Crippen LogP) is 2.82. The molecule has 1 aliphatic heterocycles. The molecule has 2 N–H and O–H groups in total. The van der Waals surface area contributed by atoms with Gasteiger partial charge in [-0.05, 0) is 17.2 Å². The van der Waals surface area contributed by atoms with Gasteiger partial charge in [-0.25, -0.2) is 4.99 Å². The Morgan fingerprint density at radius 2 is 1.56 bits per heavy atom. The first-order chi connectivity index (χ1) is 7.86. The average molecular weight is 208 g/mol. The van der Waals surface area contributed by atoms with Gasteiger partial charge < -0.3 is 5.73 Å². The number of amidine groups is 1. The van der Waals surface area contributed by atoms with Gasteiger partial charge in [-0.2, -0.15) is 0 Å². The fourth-order valence-corrected chi connectivity index (χ4v) is 2.19. The van der Waals surface area contributed by atoms with Crippen molar-refractivity contribution in [2.45, 2.75) is 5.92 Å². The molecular formula is C14H12N2. The first-order valence-electron chi connectivity index (χ1n) is 5.34. The van der Waals surface area contributed by atoms with Crippen LogP contribution >= 0.6 is 0 Å². The molecule has 1 heterocycles. The van der Waals surface area contributed by atoms with Gasteiger partial charge in [0.25, 0.3) is 0 Å². The molecule has 1 atom stereocenters. The highest BCUT2D eigenvalue weighted by molar-refractivity contribution is 5.97. The van der Waals surface area contributed by atoms with Crippen LogP contribution in [-0.2, 0) is 0 Å². The molecule has 2 heteroatoms. The highest BCUT2D eigenvalue weighted by atomic mass is 14.9. The van der Waals surface area contributed by atoms with Crippen LogP contribution in [0.4, 0.5) is 5.69 Å². The summed E-state index contributed by atoms with van der Waals surface area (Å²) in [6.07, 6.45) is 0. The summed E-state index contributed by atoms with van der Waals surface area (Å²) >= 11 is 0. The van der Waals surface area contributed by atoms with Crippen LogP contribution in [0.1, 0.15) is 17.0 Å². The minimum absolute atomic E-state index is 0.123. The van der Waals surface area contributed by atoms with Gasteiger partial charge in [-0.3, -0.25) is 0 Å². The second-order valence-electron chi connectivity index (χ2n) is 3.94. The summed E-state index contributed by atoms with van der Waals surface area (Å²) in [5.74, 6) is 0.810. The maximum atomic E-state index is 6.01. The van der Waals surface area contributed by atoms with E-state index in [1.807, 2.05) is 36.4 Å². The first kappa shape index (κ1) is 9.16. The van der Waals surface area contributed by atoms with Crippen molar-refractivity contribution in [3.63, 3.8) is 0 Å². The van der Waals surface area contributed by atoms with E-state index in [1.165, 1.54) is 11.1 Å². The summed E-state index contributed by atoms with van der Waals surface area (Å²) in [5, 5.41) is 0. The Morgan fingerprint density at radius 1 is 0.875 bits per heavy atom. The molecule has 0 radical (unpaired) electrons. The van der Waals surface area contributed by atoms with Gasteiger partial charge in [-0.15, -0.1) is 0 Å². The molecule has 0 bridgehead atoms. The molecule has 0 fully saturated rings. The Balaban J connectivity index is 2.14. The fourth-order valence-electron chi connectivity index (χ4n) is 2.19. The molecule has 2 aromatic rings. The molecule has 2 nitrogen and oxygen atoms in total. The van der Waals surface area contributed by atoms with Crippen molar-refractivity contribution in [2.24, 2.45) is 10.7 Å². The molecule has 0 aliphatic carbocycles. The molecule has 0 saturated heterocycles. The number of nitrogens with two attached hydrogens (primary N) is 1. The Morgan fingerprint density at radius 3 is 2.38 bits per heavy atom. The van der Waals surface area contributed by atoms with E-state index in [0.717, 1.165) is 5.69 Å². The van der Waals surface area contributed by atoms with E-state index in [1.54, 1.807) is 0 Å². The monoisotopic (exact) mass is 208 g/mol. The highest BCUT2D eigenvalue weighted by Gasteiger charge is 2.25. The van der Waals surface area contributed by atoms with Crippen LogP contribution in [0.25, 0.3) is 0 Å². The highest BCUT2D eigenvalue weighted by Crippen LogP contribution is 2.37. The lowest BCUT2D eigenvalue weighted by Crippen LogP contribution is -2.18. The molecular weight excluding hydrogens is 196 g/mol. The third-order valence-corrected chi connectivity index (χ3v) is 2.93.